The summed E-state index contributed by atoms with van der Waals surface area (Å²) in [5.41, 5.74) is 6.93. The zero-order valence-electron chi connectivity index (χ0n) is 26.6. The van der Waals surface area contributed by atoms with Gasteiger partial charge in [-0.3, -0.25) is 9.80 Å². The zero-order chi connectivity index (χ0) is 31.2. The van der Waals surface area contributed by atoms with Crippen molar-refractivity contribution in [1.82, 2.24) is 9.80 Å². The standard InChI is InChI=1S/C37H40N2O6/c1-38-14-12-24-19-32(41-3)33-21-27(24)28(38)17-23-8-11-30(40)31(18-23)44-26-9-6-22(7-10-26)16-29-35-25(13-15-39(29)2)20-34(42-4)36(43-5)37(35)45-33/h6-11,18-21,28-29,40H,12-17H2,1-5H3/t28?,29-/m1/s1. The van der Waals surface area contributed by atoms with Gasteiger partial charge in [-0.1, -0.05) is 18.2 Å². The summed E-state index contributed by atoms with van der Waals surface area (Å²) < 4.78 is 31.0. The maximum atomic E-state index is 10.7. The monoisotopic (exact) mass is 608 g/mol. The van der Waals surface area contributed by atoms with Gasteiger partial charge in [0.1, 0.15) is 5.75 Å². The summed E-state index contributed by atoms with van der Waals surface area (Å²) in [7, 11) is 9.34. The number of phenolic OH excluding ortho intramolecular Hbond substituents is 1. The number of methoxy groups -OCH3 is 3. The molecule has 8 heteroatoms. The summed E-state index contributed by atoms with van der Waals surface area (Å²) >= 11 is 0. The van der Waals surface area contributed by atoms with Gasteiger partial charge in [0.05, 0.1) is 21.3 Å². The SMILES string of the molecule is COc1cc2c3cc1Oc1c(OC)c(OC)cc4c1[C@@H](Cc1ccc(cc1)Oc1cc(ccc1O)CC3N(C)CC2)N(C)CC4. The van der Waals surface area contributed by atoms with Crippen molar-refractivity contribution in [3.8, 4) is 46.0 Å². The number of likely N-dealkylation sites (N-methyl/N-ethyl adjacent to an activating group) is 2. The molecule has 8 rings (SSSR count). The fourth-order valence-corrected chi connectivity index (χ4v) is 7.11. The second-order valence-electron chi connectivity index (χ2n) is 12.3. The molecule has 234 valence electrons. The first-order valence-electron chi connectivity index (χ1n) is 15.5. The molecule has 0 saturated carbocycles. The van der Waals surface area contributed by atoms with Crippen molar-refractivity contribution in [2.24, 2.45) is 0 Å². The molecule has 0 spiro atoms. The Balaban J connectivity index is 1.46. The third-order valence-corrected chi connectivity index (χ3v) is 9.64. The van der Waals surface area contributed by atoms with Gasteiger partial charge in [-0.05, 0) is 110 Å². The summed E-state index contributed by atoms with van der Waals surface area (Å²) in [6.07, 6.45) is 3.25. The Kier molecular flexibility index (Phi) is 7.71. The molecule has 2 atom stereocenters. The number of fused-ring (bicyclic) bond motifs is 2. The molecular formula is C37H40N2O6. The molecule has 0 fully saturated rings. The van der Waals surface area contributed by atoms with Gasteiger partial charge in [-0.25, -0.2) is 0 Å². The van der Waals surface area contributed by atoms with Crippen LogP contribution in [-0.4, -0.2) is 63.4 Å². The second-order valence-corrected chi connectivity index (χ2v) is 12.3. The third kappa shape index (κ3) is 5.32. The number of nitrogens with zero attached hydrogens (tertiary/aromatic N) is 2. The van der Waals surface area contributed by atoms with Gasteiger partial charge in [-0.2, -0.15) is 0 Å². The molecule has 0 radical (unpaired) electrons. The predicted octanol–water partition coefficient (Wildman–Crippen LogP) is 6.86. The van der Waals surface area contributed by atoms with E-state index < -0.39 is 0 Å². The van der Waals surface area contributed by atoms with Gasteiger partial charge < -0.3 is 28.8 Å². The highest BCUT2D eigenvalue weighted by Gasteiger charge is 2.34. The smallest absolute Gasteiger partial charge is 0.204 e. The number of rotatable bonds is 3. The van der Waals surface area contributed by atoms with E-state index in [-0.39, 0.29) is 17.8 Å². The first kappa shape index (κ1) is 29.3. The minimum atomic E-state index is 0.0254. The van der Waals surface area contributed by atoms with Crippen molar-refractivity contribution in [2.75, 3.05) is 48.5 Å². The first-order chi connectivity index (χ1) is 21.9. The van der Waals surface area contributed by atoms with Crippen LogP contribution in [0.15, 0.2) is 60.7 Å². The van der Waals surface area contributed by atoms with Crippen LogP contribution in [0.5, 0.6) is 46.0 Å². The van der Waals surface area contributed by atoms with Crippen LogP contribution >= 0.6 is 0 Å². The number of phenols is 1. The highest BCUT2D eigenvalue weighted by Crippen LogP contribution is 2.51. The molecule has 4 aliphatic heterocycles. The fraction of sp³-hybridized carbons (Fsp3) is 0.351. The normalized spacial score (nSPS) is 19.4. The van der Waals surface area contributed by atoms with Gasteiger partial charge in [0.25, 0.3) is 0 Å². The summed E-state index contributed by atoms with van der Waals surface area (Å²) in [6.45, 7) is 1.82. The molecule has 1 unspecified atom stereocenters. The molecule has 0 amide bonds. The van der Waals surface area contributed by atoms with Crippen molar-refractivity contribution in [1.29, 1.82) is 0 Å². The van der Waals surface area contributed by atoms with Crippen molar-refractivity contribution in [2.45, 2.75) is 37.8 Å². The lowest BCUT2D eigenvalue weighted by Gasteiger charge is -2.37. The average molecular weight is 609 g/mol. The van der Waals surface area contributed by atoms with E-state index in [2.05, 4.69) is 54.2 Å². The predicted molar refractivity (Wildman–Crippen MR) is 173 cm³/mol. The number of hydrogen-bond acceptors (Lipinski definition) is 8. The van der Waals surface area contributed by atoms with Gasteiger partial charge in [-0.15, -0.1) is 0 Å². The molecule has 4 aromatic carbocycles. The van der Waals surface area contributed by atoms with Crippen molar-refractivity contribution in [3.05, 3.63) is 94.0 Å². The van der Waals surface area contributed by atoms with E-state index in [9.17, 15) is 5.11 Å². The maximum absolute atomic E-state index is 10.7. The second kappa shape index (κ2) is 11.8. The zero-order valence-corrected chi connectivity index (χ0v) is 26.6. The first-order valence-corrected chi connectivity index (χ1v) is 15.5. The van der Waals surface area contributed by atoms with Crippen LogP contribution in [0.3, 0.4) is 0 Å². The van der Waals surface area contributed by atoms with E-state index >= 15 is 0 Å². The van der Waals surface area contributed by atoms with Gasteiger partial charge in [0.15, 0.2) is 34.5 Å². The van der Waals surface area contributed by atoms with Crippen LogP contribution in [0, 0.1) is 0 Å². The summed E-state index contributed by atoms with van der Waals surface area (Å²) in [5, 5.41) is 10.7. The lowest BCUT2D eigenvalue weighted by atomic mass is 9.87. The molecule has 4 aromatic rings. The lowest BCUT2D eigenvalue weighted by Crippen LogP contribution is -2.34. The molecule has 45 heavy (non-hydrogen) atoms. The van der Waals surface area contributed by atoms with E-state index in [0.29, 0.717) is 40.2 Å². The van der Waals surface area contributed by atoms with Crippen molar-refractivity contribution in [3.63, 3.8) is 0 Å². The van der Waals surface area contributed by atoms with Gasteiger partial charge in [0.2, 0.25) is 5.75 Å². The minimum absolute atomic E-state index is 0.0254. The Morgan fingerprint density at radius 1 is 0.689 bits per heavy atom. The van der Waals surface area contributed by atoms with Gasteiger partial charge >= 0.3 is 0 Å². The molecule has 0 aliphatic carbocycles. The number of hydrogen-bond donors (Lipinski definition) is 1. The summed E-state index contributed by atoms with van der Waals surface area (Å²) in [6, 6.07) is 20.2. The Bertz CT molecular complexity index is 1740. The topological polar surface area (TPSA) is 72.9 Å². The van der Waals surface area contributed by atoms with Crippen LogP contribution in [-0.2, 0) is 25.7 Å². The average Bonchev–Trinajstić information content (AvgIpc) is 3.05. The number of aromatic hydroxyl groups is 1. The van der Waals surface area contributed by atoms with Crippen LogP contribution in [0.2, 0.25) is 0 Å². The molecule has 4 aliphatic rings. The van der Waals surface area contributed by atoms with Crippen LogP contribution in [0.1, 0.15) is 45.5 Å². The Labute approximate surface area is 264 Å². The van der Waals surface area contributed by atoms with Crippen LogP contribution < -0.4 is 23.7 Å². The highest BCUT2D eigenvalue weighted by molar-refractivity contribution is 5.63. The Morgan fingerprint density at radius 2 is 1.36 bits per heavy atom. The van der Waals surface area contributed by atoms with Crippen LogP contribution in [0.4, 0.5) is 0 Å². The Morgan fingerprint density at radius 3 is 2.09 bits per heavy atom. The lowest BCUT2D eigenvalue weighted by molar-refractivity contribution is 0.220. The molecule has 4 heterocycles. The Hall–Kier alpha value is -4.40. The van der Waals surface area contributed by atoms with E-state index in [0.717, 1.165) is 55.5 Å². The molecule has 6 bridgehead atoms. The number of ether oxygens (including phenoxy) is 5. The molecule has 1 N–H and O–H groups in total. The molecule has 0 saturated heterocycles. The summed E-state index contributed by atoms with van der Waals surface area (Å²) in [5.74, 6) is 4.44. The van der Waals surface area contributed by atoms with Crippen LogP contribution in [0.25, 0.3) is 0 Å². The van der Waals surface area contributed by atoms with E-state index in [4.69, 9.17) is 23.7 Å². The fourth-order valence-electron chi connectivity index (χ4n) is 7.11. The van der Waals surface area contributed by atoms with E-state index in [1.807, 2.05) is 24.3 Å². The number of benzene rings is 4. The molecule has 8 nitrogen and oxygen atoms in total. The maximum Gasteiger partial charge on any atom is 0.204 e. The van der Waals surface area contributed by atoms with E-state index in [1.54, 1.807) is 27.4 Å². The van der Waals surface area contributed by atoms with Crippen molar-refractivity contribution < 1.29 is 28.8 Å². The largest absolute Gasteiger partial charge is 0.504 e. The van der Waals surface area contributed by atoms with E-state index in [1.165, 1.54) is 16.7 Å². The summed E-state index contributed by atoms with van der Waals surface area (Å²) in [4.78, 5) is 4.75. The molecular weight excluding hydrogens is 568 g/mol. The molecule has 0 aromatic heterocycles. The quantitative estimate of drug-likeness (QED) is 0.271. The van der Waals surface area contributed by atoms with Crippen molar-refractivity contribution >= 4 is 0 Å². The minimum Gasteiger partial charge on any atom is -0.504 e. The van der Waals surface area contributed by atoms with Gasteiger partial charge in [0, 0.05) is 30.7 Å². The third-order valence-electron chi connectivity index (χ3n) is 9.64. The highest BCUT2D eigenvalue weighted by atomic mass is 16.5.